The second-order valence-electron chi connectivity index (χ2n) is 2.44. The molecule has 68 valence electrons. The Morgan fingerprint density at radius 1 is 1.33 bits per heavy atom. The van der Waals surface area contributed by atoms with Gasteiger partial charge in [-0.05, 0) is 0 Å². The van der Waals surface area contributed by atoms with E-state index in [-0.39, 0.29) is 14.0 Å². The second kappa shape index (κ2) is 4.66. The van der Waals surface area contributed by atoms with Crippen molar-refractivity contribution in [2.45, 2.75) is 14.0 Å². The molecule has 0 saturated heterocycles. The molecule has 0 aliphatic heterocycles. The molecule has 12 heavy (non-hydrogen) atoms. The van der Waals surface area contributed by atoms with Crippen LogP contribution in [0, 0.1) is 0 Å². The molecule has 0 aliphatic carbocycles. The molecule has 1 N–H and O–H groups in total. The molecule has 0 aliphatic rings. The molecule has 0 spiro atoms. The monoisotopic (exact) mass is 169 g/mol. The highest BCUT2D eigenvalue weighted by Crippen LogP contribution is 2.01. The van der Waals surface area contributed by atoms with Crippen molar-refractivity contribution in [1.29, 1.82) is 0 Å². The molecule has 1 aromatic rings. The maximum atomic E-state index is 8.67. The Morgan fingerprint density at radius 3 is 2.17 bits per heavy atom. The quantitative estimate of drug-likeness (QED) is 0.707. The SMILES string of the molecule is C.CN(C)c1ncc(CO)cn1. The molecule has 0 aromatic carbocycles. The Labute approximate surface area is 72.9 Å². The molecule has 1 aromatic heterocycles. The second-order valence-corrected chi connectivity index (χ2v) is 2.44. The number of rotatable bonds is 2. The molecule has 0 unspecified atom stereocenters. The predicted molar refractivity (Wildman–Crippen MR) is 49.0 cm³/mol. The van der Waals surface area contributed by atoms with E-state index in [1.54, 1.807) is 17.3 Å². The fourth-order valence-corrected chi connectivity index (χ4v) is 0.661. The first-order chi connectivity index (χ1) is 5.24. The minimum absolute atomic E-state index is 0. The van der Waals surface area contributed by atoms with Crippen LogP contribution in [0.4, 0.5) is 5.95 Å². The number of aliphatic hydroxyl groups excluding tert-OH is 1. The zero-order valence-electron chi connectivity index (χ0n) is 6.65. The van der Waals surface area contributed by atoms with Gasteiger partial charge in [-0.2, -0.15) is 0 Å². The van der Waals surface area contributed by atoms with Crippen molar-refractivity contribution in [2.24, 2.45) is 0 Å². The first-order valence-electron chi connectivity index (χ1n) is 3.33. The van der Waals surface area contributed by atoms with Crippen LogP contribution < -0.4 is 4.90 Å². The molecular weight excluding hydrogens is 154 g/mol. The van der Waals surface area contributed by atoms with Crippen molar-refractivity contribution in [3.05, 3.63) is 18.0 Å². The first-order valence-corrected chi connectivity index (χ1v) is 3.33. The van der Waals surface area contributed by atoms with E-state index in [2.05, 4.69) is 9.97 Å². The fourth-order valence-electron chi connectivity index (χ4n) is 0.661. The summed E-state index contributed by atoms with van der Waals surface area (Å²) in [6.45, 7) is -0.00624. The third kappa shape index (κ3) is 2.47. The standard InChI is InChI=1S/C7H11N3O.CH4/c1-10(2)7-8-3-6(5-11)4-9-7;/h3-4,11H,5H2,1-2H3;1H4. The zero-order chi connectivity index (χ0) is 8.27. The lowest BCUT2D eigenvalue weighted by molar-refractivity contribution is 0.281. The van der Waals surface area contributed by atoms with Crippen molar-refractivity contribution >= 4 is 5.95 Å². The molecule has 0 bridgehead atoms. The zero-order valence-corrected chi connectivity index (χ0v) is 6.65. The van der Waals surface area contributed by atoms with Crippen LogP contribution in [0.5, 0.6) is 0 Å². The van der Waals surface area contributed by atoms with E-state index < -0.39 is 0 Å². The Balaban J connectivity index is 0.00000121. The van der Waals surface area contributed by atoms with Crippen LogP contribution in [0.3, 0.4) is 0 Å². The molecule has 4 nitrogen and oxygen atoms in total. The van der Waals surface area contributed by atoms with Gasteiger partial charge in [-0.15, -0.1) is 0 Å². The summed E-state index contributed by atoms with van der Waals surface area (Å²) >= 11 is 0. The summed E-state index contributed by atoms with van der Waals surface area (Å²) < 4.78 is 0. The van der Waals surface area contributed by atoms with Gasteiger partial charge in [-0.25, -0.2) is 9.97 Å². The predicted octanol–water partition coefficient (Wildman–Crippen LogP) is 0.671. The van der Waals surface area contributed by atoms with Gasteiger partial charge < -0.3 is 10.0 Å². The average Bonchev–Trinajstić information content (AvgIpc) is 2.05. The minimum atomic E-state index is -0.00624. The molecule has 1 rings (SSSR count). The topological polar surface area (TPSA) is 49.2 Å². The number of aliphatic hydroxyl groups is 1. The minimum Gasteiger partial charge on any atom is -0.392 e. The van der Waals surface area contributed by atoms with Crippen molar-refractivity contribution < 1.29 is 5.11 Å². The van der Waals surface area contributed by atoms with E-state index >= 15 is 0 Å². The Bertz CT molecular complexity index is 220. The number of nitrogens with zero attached hydrogens (tertiary/aromatic N) is 3. The van der Waals surface area contributed by atoms with E-state index in [1.807, 2.05) is 14.1 Å². The summed E-state index contributed by atoms with van der Waals surface area (Å²) in [5.74, 6) is 0.655. The van der Waals surface area contributed by atoms with Crippen molar-refractivity contribution in [1.82, 2.24) is 9.97 Å². The summed E-state index contributed by atoms with van der Waals surface area (Å²) in [6, 6.07) is 0. The van der Waals surface area contributed by atoms with Crippen LogP contribution in [-0.2, 0) is 6.61 Å². The van der Waals surface area contributed by atoms with Gasteiger partial charge in [0.1, 0.15) is 0 Å². The fraction of sp³-hybridized carbons (Fsp3) is 0.500. The highest BCUT2D eigenvalue weighted by atomic mass is 16.3. The molecule has 1 heterocycles. The van der Waals surface area contributed by atoms with E-state index in [0.29, 0.717) is 5.95 Å². The largest absolute Gasteiger partial charge is 0.392 e. The van der Waals surface area contributed by atoms with E-state index in [0.717, 1.165) is 5.56 Å². The third-order valence-electron chi connectivity index (χ3n) is 1.27. The van der Waals surface area contributed by atoms with Gasteiger partial charge in [0.15, 0.2) is 0 Å². The van der Waals surface area contributed by atoms with Gasteiger partial charge in [-0.1, -0.05) is 7.43 Å². The summed E-state index contributed by atoms with van der Waals surface area (Å²) in [5.41, 5.74) is 0.732. The summed E-state index contributed by atoms with van der Waals surface area (Å²) in [4.78, 5) is 9.81. The van der Waals surface area contributed by atoms with Gasteiger partial charge in [0.25, 0.3) is 0 Å². The van der Waals surface area contributed by atoms with E-state index in [1.165, 1.54) is 0 Å². The average molecular weight is 169 g/mol. The normalized spacial score (nSPS) is 8.92. The third-order valence-corrected chi connectivity index (χ3v) is 1.27. The molecule has 4 heteroatoms. The van der Waals surface area contributed by atoms with Crippen molar-refractivity contribution in [2.75, 3.05) is 19.0 Å². The van der Waals surface area contributed by atoms with Crippen LogP contribution in [0.25, 0.3) is 0 Å². The number of hydrogen-bond acceptors (Lipinski definition) is 4. The van der Waals surface area contributed by atoms with E-state index in [9.17, 15) is 0 Å². The number of anilines is 1. The van der Waals surface area contributed by atoms with Gasteiger partial charge >= 0.3 is 0 Å². The number of hydrogen-bond donors (Lipinski definition) is 1. The highest BCUT2D eigenvalue weighted by molar-refractivity contribution is 5.26. The lowest BCUT2D eigenvalue weighted by Crippen LogP contribution is -2.12. The lowest BCUT2D eigenvalue weighted by Gasteiger charge is -2.08. The van der Waals surface area contributed by atoms with Crippen molar-refractivity contribution in [3.63, 3.8) is 0 Å². The van der Waals surface area contributed by atoms with Crippen LogP contribution in [-0.4, -0.2) is 29.2 Å². The maximum Gasteiger partial charge on any atom is 0.224 e. The molecule has 0 atom stereocenters. The Hall–Kier alpha value is -1.16. The molecule has 0 radical (unpaired) electrons. The highest BCUT2D eigenvalue weighted by Gasteiger charge is 1.96. The van der Waals surface area contributed by atoms with Gasteiger partial charge in [-0.3, -0.25) is 0 Å². The Kier molecular flexibility index (Phi) is 4.21. The molecule has 0 amide bonds. The first kappa shape index (κ1) is 10.8. The summed E-state index contributed by atoms with van der Waals surface area (Å²) in [5, 5.41) is 8.67. The van der Waals surface area contributed by atoms with Crippen LogP contribution in [0.1, 0.15) is 13.0 Å². The van der Waals surface area contributed by atoms with Crippen molar-refractivity contribution in [3.8, 4) is 0 Å². The lowest BCUT2D eigenvalue weighted by atomic mass is 10.4. The number of aromatic nitrogens is 2. The smallest absolute Gasteiger partial charge is 0.224 e. The summed E-state index contributed by atoms with van der Waals surface area (Å²) in [7, 11) is 3.74. The molecule has 0 saturated carbocycles. The summed E-state index contributed by atoms with van der Waals surface area (Å²) in [6.07, 6.45) is 3.23. The Morgan fingerprint density at radius 2 is 1.83 bits per heavy atom. The molecule has 0 fully saturated rings. The van der Waals surface area contributed by atoms with Crippen LogP contribution >= 0.6 is 0 Å². The van der Waals surface area contributed by atoms with Crippen LogP contribution in [0.15, 0.2) is 12.4 Å². The van der Waals surface area contributed by atoms with Gasteiger partial charge in [0.2, 0.25) is 5.95 Å². The van der Waals surface area contributed by atoms with E-state index in [4.69, 9.17) is 5.11 Å². The van der Waals surface area contributed by atoms with Gasteiger partial charge in [0, 0.05) is 32.1 Å². The van der Waals surface area contributed by atoms with Crippen LogP contribution in [0.2, 0.25) is 0 Å². The molecular formula is C8H15N3O. The van der Waals surface area contributed by atoms with Gasteiger partial charge in [0.05, 0.1) is 6.61 Å². The maximum absolute atomic E-state index is 8.67.